The molecule has 0 unspecified atom stereocenters. The molecule has 1 fully saturated rings. The summed E-state index contributed by atoms with van der Waals surface area (Å²) in [7, 11) is 0. The van der Waals surface area contributed by atoms with Crippen LogP contribution < -0.4 is 14.2 Å². The van der Waals surface area contributed by atoms with Gasteiger partial charge in [0.15, 0.2) is 12.4 Å². The molecule has 3 aromatic carbocycles. The van der Waals surface area contributed by atoms with E-state index in [0.717, 1.165) is 61.3 Å². The largest absolute Gasteiger partial charge is 0.619 e. The zero-order chi connectivity index (χ0) is 29.8. The Labute approximate surface area is 253 Å². The van der Waals surface area contributed by atoms with Crippen molar-refractivity contribution >= 4 is 0 Å². The molecule has 7 nitrogen and oxygen atoms in total. The summed E-state index contributed by atoms with van der Waals surface area (Å²) >= 11 is 0. The van der Waals surface area contributed by atoms with Crippen LogP contribution in [0.25, 0.3) is 11.1 Å². The van der Waals surface area contributed by atoms with E-state index in [9.17, 15) is 15.6 Å². The first-order chi connectivity index (χ1) is 21.0. The van der Waals surface area contributed by atoms with Gasteiger partial charge in [-0.15, -0.1) is 0 Å². The molecule has 0 radical (unpaired) electrons. The number of nitriles is 1. The molecular formula is C36H37N3O4. The van der Waals surface area contributed by atoms with Crippen LogP contribution in [0.4, 0.5) is 0 Å². The standard InChI is InChI=1S/C36H37N3O4/c1-25-29(10-5-12-31(25)28-8-3-2-4-9-28)24-43-35-17-36(42-23-27-16-26(18-37)19-39(41)20-27)34(32-13-6-14-33(32)35)21-38-15-7-11-30(38)22-40/h2-5,8-10,12,16-17,19-20,30,40H,6-7,11,13-15,21-24H2,1H3/t30-/m0/s1. The van der Waals surface area contributed by atoms with Crippen molar-refractivity contribution in [1.82, 2.24) is 4.90 Å². The van der Waals surface area contributed by atoms with Crippen molar-refractivity contribution < 1.29 is 19.3 Å². The second-order valence-electron chi connectivity index (χ2n) is 11.5. The second kappa shape index (κ2) is 12.9. The minimum absolute atomic E-state index is 0.144. The van der Waals surface area contributed by atoms with Gasteiger partial charge in [0.2, 0.25) is 0 Å². The molecule has 2 heterocycles. The highest BCUT2D eigenvalue weighted by Crippen LogP contribution is 2.41. The van der Waals surface area contributed by atoms with Crippen LogP contribution in [0.1, 0.15) is 58.2 Å². The number of pyridine rings is 1. The molecule has 1 aliphatic heterocycles. The lowest BCUT2D eigenvalue weighted by Gasteiger charge is -2.26. The van der Waals surface area contributed by atoms with E-state index in [1.807, 2.05) is 18.2 Å². The summed E-state index contributed by atoms with van der Waals surface area (Å²) in [6.45, 7) is 4.53. The Morgan fingerprint density at radius 3 is 2.60 bits per heavy atom. The Kier molecular flexibility index (Phi) is 8.59. The summed E-state index contributed by atoms with van der Waals surface area (Å²) in [6.07, 6.45) is 7.70. The normalized spacial score (nSPS) is 16.2. The summed E-state index contributed by atoms with van der Waals surface area (Å²) in [5, 5.41) is 31.4. The van der Waals surface area contributed by atoms with Crippen molar-refractivity contribution in [2.45, 2.75) is 64.8 Å². The number of hydrogen-bond acceptors (Lipinski definition) is 6. The summed E-state index contributed by atoms with van der Waals surface area (Å²) in [6, 6.07) is 22.6. The summed E-state index contributed by atoms with van der Waals surface area (Å²) in [5.41, 5.74) is 9.29. The van der Waals surface area contributed by atoms with E-state index in [0.29, 0.717) is 29.0 Å². The second-order valence-corrected chi connectivity index (χ2v) is 11.5. The van der Waals surface area contributed by atoms with E-state index in [2.05, 4.69) is 54.3 Å². The van der Waals surface area contributed by atoms with Gasteiger partial charge in [-0.3, -0.25) is 4.90 Å². The molecule has 43 heavy (non-hydrogen) atoms. The molecule has 1 atom stereocenters. The van der Waals surface area contributed by atoms with Gasteiger partial charge in [0, 0.05) is 24.2 Å². The van der Waals surface area contributed by atoms with Crippen molar-refractivity contribution in [3.8, 4) is 28.7 Å². The molecule has 1 aromatic heterocycles. The van der Waals surface area contributed by atoms with E-state index in [1.165, 1.54) is 40.2 Å². The van der Waals surface area contributed by atoms with Crippen LogP contribution in [-0.2, 0) is 32.6 Å². The number of hydrogen-bond donors (Lipinski definition) is 1. The number of benzene rings is 3. The molecule has 6 rings (SSSR count). The van der Waals surface area contributed by atoms with E-state index in [-0.39, 0.29) is 19.3 Å². The number of aliphatic hydroxyl groups excluding tert-OH is 1. The first-order valence-corrected chi connectivity index (χ1v) is 15.1. The SMILES string of the molecule is Cc1c(COc2cc(OCc3cc(C#N)c[n+]([O-])c3)c(CN3CCC[C@H]3CO)c3c2CCC3)cccc1-c1ccccc1. The number of rotatable bonds is 10. The van der Waals surface area contributed by atoms with Gasteiger partial charge >= 0.3 is 0 Å². The van der Waals surface area contributed by atoms with Crippen LogP contribution in [0.15, 0.2) is 73.1 Å². The minimum atomic E-state index is 0.144. The molecule has 1 aliphatic carbocycles. The molecule has 0 bridgehead atoms. The van der Waals surface area contributed by atoms with Crippen LogP contribution in [0.5, 0.6) is 11.5 Å². The van der Waals surface area contributed by atoms with Crippen LogP contribution in [-0.4, -0.2) is 29.2 Å². The minimum Gasteiger partial charge on any atom is -0.619 e. The van der Waals surface area contributed by atoms with Gasteiger partial charge in [-0.2, -0.15) is 9.99 Å². The number of aliphatic hydroxyl groups is 1. The van der Waals surface area contributed by atoms with Crippen molar-refractivity contribution in [3.63, 3.8) is 0 Å². The van der Waals surface area contributed by atoms with E-state index < -0.39 is 0 Å². The average molecular weight is 576 g/mol. The third kappa shape index (κ3) is 6.22. The highest BCUT2D eigenvalue weighted by atomic mass is 16.5. The summed E-state index contributed by atoms with van der Waals surface area (Å²) < 4.78 is 13.7. The number of likely N-dealkylation sites (tertiary alicyclic amines) is 1. The number of ether oxygens (including phenoxy) is 2. The number of fused-ring (bicyclic) bond motifs is 1. The van der Waals surface area contributed by atoms with Crippen molar-refractivity contribution in [2.75, 3.05) is 13.2 Å². The molecular weight excluding hydrogens is 538 g/mol. The zero-order valence-electron chi connectivity index (χ0n) is 24.6. The maximum atomic E-state index is 12.1. The van der Waals surface area contributed by atoms with Crippen molar-refractivity contribution in [1.29, 1.82) is 5.26 Å². The lowest BCUT2D eigenvalue weighted by atomic mass is 9.97. The van der Waals surface area contributed by atoms with Gasteiger partial charge in [-0.1, -0.05) is 48.5 Å². The monoisotopic (exact) mass is 575 g/mol. The van der Waals surface area contributed by atoms with Crippen LogP contribution >= 0.6 is 0 Å². The molecule has 2 aliphatic rings. The predicted molar refractivity (Wildman–Crippen MR) is 164 cm³/mol. The Hall–Kier alpha value is -4.38. The maximum Gasteiger partial charge on any atom is 0.198 e. The molecule has 220 valence electrons. The lowest BCUT2D eigenvalue weighted by molar-refractivity contribution is -0.606. The van der Waals surface area contributed by atoms with E-state index >= 15 is 0 Å². The smallest absolute Gasteiger partial charge is 0.198 e. The van der Waals surface area contributed by atoms with Gasteiger partial charge < -0.3 is 19.8 Å². The quantitative estimate of drug-likeness (QED) is 0.191. The van der Waals surface area contributed by atoms with Crippen molar-refractivity contribution in [3.05, 3.63) is 117 Å². The fourth-order valence-electron chi connectivity index (χ4n) is 6.57. The molecule has 0 saturated carbocycles. The third-order valence-corrected chi connectivity index (χ3v) is 8.85. The fourth-order valence-corrected chi connectivity index (χ4v) is 6.57. The average Bonchev–Trinajstić information content (AvgIpc) is 3.70. The Morgan fingerprint density at radius 1 is 0.977 bits per heavy atom. The zero-order valence-corrected chi connectivity index (χ0v) is 24.6. The topological polar surface area (TPSA) is 92.7 Å². The molecule has 1 saturated heterocycles. The van der Waals surface area contributed by atoms with Gasteiger partial charge in [0.05, 0.1) is 12.2 Å². The Bertz CT molecular complexity index is 1650. The van der Waals surface area contributed by atoms with E-state index in [4.69, 9.17) is 9.47 Å². The Balaban J connectivity index is 1.32. The van der Waals surface area contributed by atoms with Gasteiger partial charge in [-0.05, 0) is 85.0 Å². The maximum absolute atomic E-state index is 12.1. The molecule has 0 spiro atoms. The molecule has 4 aromatic rings. The fraction of sp³-hybridized carbons (Fsp3) is 0.333. The van der Waals surface area contributed by atoms with Gasteiger partial charge in [0.1, 0.15) is 36.3 Å². The van der Waals surface area contributed by atoms with Crippen LogP contribution in [0.3, 0.4) is 0 Å². The van der Waals surface area contributed by atoms with Crippen LogP contribution in [0, 0.1) is 23.5 Å². The van der Waals surface area contributed by atoms with Crippen molar-refractivity contribution in [2.24, 2.45) is 0 Å². The highest BCUT2D eigenvalue weighted by Gasteiger charge is 2.29. The summed E-state index contributed by atoms with van der Waals surface area (Å²) in [4.78, 5) is 2.35. The van der Waals surface area contributed by atoms with E-state index in [1.54, 1.807) is 6.07 Å². The lowest BCUT2D eigenvalue weighted by Crippen LogP contribution is -2.32. The number of nitrogens with zero attached hydrogens (tertiary/aromatic N) is 3. The molecule has 0 amide bonds. The first-order valence-electron chi connectivity index (χ1n) is 15.1. The highest BCUT2D eigenvalue weighted by molar-refractivity contribution is 5.68. The first kappa shape index (κ1) is 28.7. The van der Waals surface area contributed by atoms with Gasteiger partial charge in [-0.25, -0.2) is 0 Å². The van der Waals surface area contributed by atoms with Gasteiger partial charge in [0.25, 0.3) is 0 Å². The van der Waals surface area contributed by atoms with Crippen LogP contribution in [0.2, 0.25) is 0 Å². The molecule has 1 N–H and O–H groups in total. The predicted octanol–water partition coefficient (Wildman–Crippen LogP) is 5.77. The molecule has 7 heteroatoms. The Morgan fingerprint density at radius 2 is 1.79 bits per heavy atom. The summed E-state index contributed by atoms with van der Waals surface area (Å²) in [5.74, 6) is 1.56. The third-order valence-electron chi connectivity index (χ3n) is 8.85. The number of aromatic nitrogens is 1.